The monoisotopic (exact) mass is 340 g/mol. The highest BCUT2D eigenvalue weighted by Crippen LogP contribution is 2.22. The van der Waals surface area contributed by atoms with Gasteiger partial charge in [-0.3, -0.25) is 4.79 Å². The van der Waals surface area contributed by atoms with Crippen molar-refractivity contribution in [2.24, 2.45) is 0 Å². The van der Waals surface area contributed by atoms with Gasteiger partial charge in [0.15, 0.2) is 0 Å². The maximum Gasteiger partial charge on any atom is 0.253 e. The Morgan fingerprint density at radius 3 is 2.84 bits per heavy atom. The van der Waals surface area contributed by atoms with Crippen molar-refractivity contribution in [1.29, 1.82) is 0 Å². The van der Waals surface area contributed by atoms with Crippen molar-refractivity contribution in [2.75, 3.05) is 13.1 Å². The number of hydrogen-bond acceptors (Lipinski definition) is 4. The Morgan fingerprint density at radius 2 is 2.08 bits per heavy atom. The van der Waals surface area contributed by atoms with Crippen LogP contribution in [0.25, 0.3) is 11.5 Å². The quantitative estimate of drug-likeness (QED) is 0.793. The van der Waals surface area contributed by atoms with Gasteiger partial charge in [0.05, 0.1) is 11.7 Å². The summed E-state index contributed by atoms with van der Waals surface area (Å²) >= 11 is 0. The summed E-state index contributed by atoms with van der Waals surface area (Å²) in [6, 6.07) is 9.37. The molecule has 2 aromatic heterocycles. The average Bonchev–Trinajstić information content (AvgIpc) is 3.33. The fourth-order valence-corrected chi connectivity index (χ4v) is 3.06. The average molecular weight is 340 g/mol. The van der Waals surface area contributed by atoms with Crippen LogP contribution in [-0.2, 0) is 0 Å². The van der Waals surface area contributed by atoms with E-state index in [1.165, 1.54) is 24.3 Å². The van der Waals surface area contributed by atoms with Crippen LogP contribution in [0, 0.1) is 5.82 Å². The van der Waals surface area contributed by atoms with E-state index in [0.717, 1.165) is 18.5 Å². The van der Waals surface area contributed by atoms with Gasteiger partial charge in [0, 0.05) is 24.8 Å². The van der Waals surface area contributed by atoms with Gasteiger partial charge in [0.25, 0.3) is 5.91 Å². The van der Waals surface area contributed by atoms with Gasteiger partial charge in [-0.05, 0) is 54.5 Å². The van der Waals surface area contributed by atoms with E-state index < -0.39 is 0 Å². The molecule has 0 aliphatic carbocycles. The van der Waals surface area contributed by atoms with Crippen molar-refractivity contribution in [2.45, 2.75) is 18.9 Å². The number of aromatic amines is 1. The summed E-state index contributed by atoms with van der Waals surface area (Å²) in [6.07, 6.45) is 3.55. The third kappa shape index (κ3) is 3.15. The molecule has 0 bridgehead atoms. The van der Waals surface area contributed by atoms with E-state index in [2.05, 4.69) is 20.4 Å². The first-order chi connectivity index (χ1) is 12.2. The maximum absolute atomic E-state index is 13.0. The summed E-state index contributed by atoms with van der Waals surface area (Å²) in [5.41, 5.74) is 1.29. The molecule has 1 fully saturated rings. The summed E-state index contributed by atoms with van der Waals surface area (Å²) in [7, 11) is 0. The molecule has 3 aromatic rings. The highest BCUT2D eigenvalue weighted by Gasteiger charge is 2.27. The lowest BCUT2D eigenvalue weighted by Gasteiger charge is -2.31. The topological polar surface area (TPSA) is 79.7 Å². The number of rotatable bonds is 3. The van der Waals surface area contributed by atoms with E-state index in [0.29, 0.717) is 24.5 Å². The Morgan fingerprint density at radius 1 is 1.24 bits per heavy atom. The number of carbonyl (C=O) groups excluding carboxylic acids is 1. The number of carbonyl (C=O) groups is 1. The number of amides is 1. The first-order valence-corrected chi connectivity index (χ1v) is 8.19. The Bertz CT molecular complexity index is 858. The standard InChI is InChI=1S/C17H17FN6O/c18-13-7-5-12(6-8-13)17(25)23-10-2-3-14(11-23)24-21-16(20-22-24)15-4-1-9-19-15/h1,4-9,14,19H,2-3,10-11H2/t14-/m0/s1. The minimum Gasteiger partial charge on any atom is -0.359 e. The largest absolute Gasteiger partial charge is 0.359 e. The maximum atomic E-state index is 13.0. The predicted molar refractivity (Wildman–Crippen MR) is 88.2 cm³/mol. The van der Waals surface area contributed by atoms with E-state index in [4.69, 9.17) is 0 Å². The van der Waals surface area contributed by atoms with Crippen molar-refractivity contribution in [3.8, 4) is 11.5 Å². The number of nitrogens with one attached hydrogen (secondary N) is 1. The number of piperidine rings is 1. The van der Waals surface area contributed by atoms with Crippen molar-refractivity contribution in [3.05, 3.63) is 54.0 Å². The molecule has 128 valence electrons. The van der Waals surface area contributed by atoms with E-state index >= 15 is 0 Å². The van der Waals surface area contributed by atoms with E-state index in [1.807, 2.05) is 12.1 Å². The van der Waals surface area contributed by atoms with Crippen LogP contribution >= 0.6 is 0 Å². The Hall–Kier alpha value is -3.03. The molecule has 1 N–H and O–H groups in total. The van der Waals surface area contributed by atoms with Crippen LogP contribution in [0.5, 0.6) is 0 Å². The second-order valence-corrected chi connectivity index (χ2v) is 6.07. The van der Waals surface area contributed by atoms with E-state index in [9.17, 15) is 9.18 Å². The number of H-pyrrole nitrogens is 1. The Labute approximate surface area is 143 Å². The molecule has 0 spiro atoms. The predicted octanol–water partition coefficient (Wildman–Crippen LogP) is 2.28. The van der Waals surface area contributed by atoms with Crippen LogP contribution in [0.4, 0.5) is 4.39 Å². The summed E-state index contributed by atoms with van der Waals surface area (Å²) in [4.78, 5) is 19.0. The molecule has 3 heterocycles. The van der Waals surface area contributed by atoms with Gasteiger partial charge in [-0.15, -0.1) is 10.2 Å². The van der Waals surface area contributed by atoms with Gasteiger partial charge in [0.2, 0.25) is 5.82 Å². The molecule has 1 atom stereocenters. The minimum atomic E-state index is -0.350. The molecule has 8 heteroatoms. The molecule has 1 aromatic carbocycles. The van der Waals surface area contributed by atoms with E-state index in [1.54, 1.807) is 15.9 Å². The second kappa shape index (κ2) is 6.46. The summed E-state index contributed by atoms with van der Waals surface area (Å²) in [5.74, 6) is 0.0816. The summed E-state index contributed by atoms with van der Waals surface area (Å²) < 4.78 is 13.0. The lowest BCUT2D eigenvalue weighted by atomic mass is 10.0. The molecule has 1 amide bonds. The fraction of sp³-hybridized carbons (Fsp3) is 0.294. The lowest BCUT2D eigenvalue weighted by Crippen LogP contribution is -2.41. The van der Waals surface area contributed by atoms with Gasteiger partial charge < -0.3 is 9.88 Å². The Kier molecular flexibility index (Phi) is 4.01. The zero-order chi connectivity index (χ0) is 17.2. The van der Waals surface area contributed by atoms with Crippen LogP contribution in [0.1, 0.15) is 29.2 Å². The first-order valence-electron chi connectivity index (χ1n) is 8.19. The molecular weight excluding hydrogens is 323 g/mol. The van der Waals surface area contributed by atoms with Gasteiger partial charge in [-0.2, -0.15) is 4.80 Å². The number of aromatic nitrogens is 5. The molecule has 0 unspecified atom stereocenters. The van der Waals surface area contributed by atoms with Crippen LogP contribution in [0.15, 0.2) is 42.6 Å². The van der Waals surface area contributed by atoms with Crippen LogP contribution in [0.3, 0.4) is 0 Å². The van der Waals surface area contributed by atoms with Crippen molar-refractivity contribution in [1.82, 2.24) is 30.1 Å². The number of halogens is 1. The van der Waals surface area contributed by atoms with Crippen molar-refractivity contribution in [3.63, 3.8) is 0 Å². The molecule has 0 saturated carbocycles. The molecule has 1 aliphatic rings. The smallest absolute Gasteiger partial charge is 0.253 e. The van der Waals surface area contributed by atoms with Gasteiger partial charge in [0.1, 0.15) is 5.82 Å². The lowest BCUT2D eigenvalue weighted by molar-refractivity contribution is 0.0663. The highest BCUT2D eigenvalue weighted by atomic mass is 19.1. The number of tetrazole rings is 1. The van der Waals surface area contributed by atoms with Gasteiger partial charge in [-0.1, -0.05) is 0 Å². The normalized spacial score (nSPS) is 17.6. The minimum absolute atomic E-state index is 0.0191. The van der Waals surface area contributed by atoms with E-state index in [-0.39, 0.29) is 17.8 Å². The number of likely N-dealkylation sites (tertiary alicyclic amines) is 1. The molecule has 1 aliphatic heterocycles. The number of benzene rings is 1. The van der Waals surface area contributed by atoms with Gasteiger partial charge >= 0.3 is 0 Å². The first kappa shape index (κ1) is 15.5. The molecule has 7 nitrogen and oxygen atoms in total. The summed E-state index contributed by atoms with van der Waals surface area (Å²) in [6.45, 7) is 1.18. The molecule has 1 saturated heterocycles. The Balaban J connectivity index is 1.49. The van der Waals surface area contributed by atoms with Crippen LogP contribution in [-0.4, -0.2) is 49.1 Å². The third-order valence-corrected chi connectivity index (χ3v) is 4.37. The van der Waals surface area contributed by atoms with Crippen LogP contribution < -0.4 is 0 Å². The molecule has 0 radical (unpaired) electrons. The highest BCUT2D eigenvalue weighted by molar-refractivity contribution is 5.94. The number of nitrogens with zero attached hydrogens (tertiary/aromatic N) is 5. The summed E-state index contributed by atoms with van der Waals surface area (Å²) in [5, 5.41) is 12.6. The van der Waals surface area contributed by atoms with Gasteiger partial charge in [-0.25, -0.2) is 4.39 Å². The van der Waals surface area contributed by atoms with Crippen LogP contribution in [0.2, 0.25) is 0 Å². The number of hydrogen-bond donors (Lipinski definition) is 1. The molecule has 25 heavy (non-hydrogen) atoms. The molecule has 4 rings (SSSR count). The van der Waals surface area contributed by atoms with Crippen molar-refractivity contribution < 1.29 is 9.18 Å². The zero-order valence-electron chi connectivity index (χ0n) is 13.5. The van der Waals surface area contributed by atoms with Crippen molar-refractivity contribution >= 4 is 5.91 Å². The third-order valence-electron chi connectivity index (χ3n) is 4.37. The zero-order valence-corrected chi connectivity index (χ0v) is 13.5. The second-order valence-electron chi connectivity index (χ2n) is 6.07. The fourth-order valence-electron chi connectivity index (χ4n) is 3.06. The molecular formula is C17H17FN6O. The SMILES string of the molecule is O=C(c1ccc(F)cc1)N1CCC[C@H](n2nnc(-c3ccc[nH]3)n2)C1.